The fourth-order valence-corrected chi connectivity index (χ4v) is 1.80. The van der Waals surface area contributed by atoms with Crippen molar-refractivity contribution in [1.29, 1.82) is 0 Å². The maximum Gasteiger partial charge on any atom is 0.276 e. The highest BCUT2D eigenvalue weighted by atomic mass is 79.9. The molecule has 1 aromatic rings. The van der Waals surface area contributed by atoms with Gasteiger partial charge in [0.05, 0.1) is 15.7 Å². The van der Waals surface area contributed by atoms with E-state index in [9.17, 15) is 4.79 Å². The van der Waals surface area contributed by atoms with E-state index in [0.29, 0.717) is 10.7 Å². The van der Waals surface area contributed by atoms with Gasteiger partial charge in [-0.1, -0.05) is 34.8 Å². The first-order chi connectivity index (χ1) is 7.41. The number of hydrogen-bond donors (Lipinski definition) is 2. The highest BCUT2D eigenvalue weighted by molar-refractivity contribution is 9.19. The fourth-order valence-electron chi connectivity index (χ4n) is 0.809. The maximum atomic E-state index is 10.7. The molecule has 0 bridgehead atoms. The van der Waals surface area contributed by atoms with E-state index in [0.717, 1.165) is 0 Å². The van der Waals surface area contributed by atoms with Gasteiger partial charge in [0.2, 0.25) is 0 Å². The minimum atomic E-state index is -0.714. The third-order valence-electron chi connectivity index (χ3n) is 1.48. The van der Waals surface area contributed by atoms with Crippen molar-refractivity contribution in [2.45, 2.75) is 0 Å². The third-order valence-corrected chi connectivity index (χ3v) is 2.86. The van der Waals surface area contributed by atoms with Gasteiger partial charge in [0, 0.05) is 5.02 Å². The molecule has 0 aliphatic heterocycles. The van der Waals surface area contributed by atoms with Crippen molar-refractivity contribution < 1.29 is 4.79 Å². The van der Waals surface area contributed by atoms with Crippen molar-refractivity contribution in [2.24, 2.45) is 10.8 Å². The molecule has 1 aromatic carbocycles. The van der Waals surface area contributed by atoms with Gasteiger partial charge in [-0.15, -0.1) is 0 Å². The number of nitrogens with zero attached hydrogens (tertiary/aromatic N) is 1. The Labute approximate surface area is 115 Å². The molecule has 0 unspecified atom stereocenters. The summed E-state index contributed by atoms with van der Waals surface area (Å²) >= 11 is 20.3. The first-order valence-corrected chi connectivity index (χ1v) is 5.78. The van der Waals surface area contributed by atoms with Crippen LogP contribution in [0, 0.1) is 0 Å². The highest BCUT2D eigenvalue weighted by Crippen LogP contribution is 2.33. The second-order valence-electron chi connectivity index (χ2n) is 2.62. The van der Waals surface area contributed by atoms with Crippen LogP contribution in [-0.2, 0) is 4.79 Å². The lowest BCUT2D eigenvalue weighted by Crippen LogP contribution is -2.19. The van der Waals surface area contributed by atoms with Crippen LogP contribution in [0.4, 0.5) is 5.69 Å². The minimum absolute atomic E-state index is 0.0745. The molecule has 0 aliphatic rings. The number of nitrogens with two attached hydrogens (primary N) is 1. The van der Waals surface area contributed by atoms with Crippen LogP contribution >= 0.6 is 50.7 Å². The lowest BCUT2D eigenvalue weighted by atomic mass is 10.3. The van der Waals surface area contributed by atoms with Crippen LogP contribution in [0.1, 0.15) is 0 Å². The summed E-state index contributed by atoms with van der Waals surface area (Å²) in [6.07, 6.45) is 0. The van der Waals surface area contributed by atoms with Gasteiger partial charge in [-0.05, 0) is 28.1 Å². The molecule has 0 fully saturated rings. The van der Waals surface area contributed by atoms with E-state index in [4.69, 9.17) is 40.5 Å². The summed E-state index contributed by atoms with van der Waals surface area (Å²) in [6.45, 7) is 0. The van der Waals surface area contributed by atoms with E-state index in [1.165, 1.54) is 12.1 Å². The quantitative estimate of drug-likeness (QED) is 0.652. The maximum absolute atomic E-state index is 10.7. The number of nitrogens with one attached hydrogen (secondary N) is 1. The molecule has 4 nitrogen and oxygen atoms in total. The molecule has 86 valence electrons. The number of carbonyl (C=O) groups excluding carboxylic acids is 1. The number of primary amides is 1. The summed E-state index contributed by atoms with van der Waals surface area (Å²) in [6, 6.07) is 2.98. The van der Waals surface area contributed by atoms with Crippen LogP contribution < -0.4 is 11.2 Å². The molecule has 0 saturated heterocycles. The number of halogens is 4. The molecule has 0 aliphatic carbocycles. The van der Waals surface area contributed by atoms with Gasteiger partial charge in [0.15, 0.2) is 4.62 Å². The fraction of sp³-hybridized carbons (Fsp3) is 0. The lowest BCUT2D eigenvalue weighted by molar-refractivity contribution is -0.111. The standard InChI is InChI=1S/C8H5BrCl3N3O/c9-7(8(13)16)15-14-6-4(11)1-3(10)2-5(6)12/h1-2,14H,(H2,13,16)/b15-7+. The van der Waals surface area contributed by atoms with Gasteiger partial charge in [-0.3, -0.25) is 10.2 Å². The lowest BCUT2D eigenvalue weighted by Gasteiger charge is -2.06. The summed E-state index contributed by atoms with van der Waals surface area (Å²) in [5.74, 6) is -0.714. The van der Waals surface area contributed by atoms with Gasteiger partial charge in [0.25, 0.3) is 5.91 Å². The van der Waals surface area contributed by atoms with E-state index in [1.807, 2.05) is 0 Å². The number of benzene rings is 1. The van der Waals surface area contributed by atoms with Gasteiger partial charge < -0.3 is 5.73 Å². The Kier molecular flexibility index (Phi) is 4.86. The Bertz CT molecular complexity index is 441. The second kappa shape index (κ2) is 5.72. The number of rotatable bonds is 3. The number of carbonyl (C=O) groups is 1. The highest BCUT2D eigenvalue weighted by Gasteiger charge is 2.08. The van der Waals surface area contributed by atoms with Crippen LogP contribution in [0.15, 0.2) is 17.2 Å². The average Bonchev–Trinajstić information content (AvgIpc) is 2.15. The molecular formula is C8H5BrCl3N3O. The van der Waals surface area contributed by atoms with E-state index >= 15 is 0 Å². The van der Waals surface area contributed by atoms with Crippen LogP contribution in [0.25, 0.3) is 0 Å². The summed E-state index contributed by atoms with van der Waals surface area (Å²) in [7, 11) is 0. The number of amides is 1. The van der Waals surface area contributed by atoms with E-state index in [2.05, 4.69) is 26.5 Å². The molecule has 1 amide bonds. The molecule has 1 rings (SSSR count). The van der Waals surface area contributed by atoms with E-state index in [-0.39, 0.29) is 14.7 Å². The Morgan fingerprint density at radius 3 is 2.25 bits per heavy atom. The van der Waals surface area contributed by atoms with Crippen molar-refractivity contribution in [3.8, 4) is 0 Å². The first-order valence-electron chi connectivity index (χ1n) is 3.85. The van der Waals surface area contributed by atoms with Crippen molar-refractivity contribution >= 4 is 66.9 Å². The Morgan fingerprint density at radius 2 is 1.81 bits per heavy atom. The van der Waals surface area contributed by atoms with Gasteiger partial charge in [0.1, 0.15) is 0 Å². The Morgan fingerprint density at radius 1 is 1.31 bits per heavy atom. The molecule has 8 heteroatoms. The number of anilines is 1. The molecule has 0 saturated carbocycles. The van der Waals surface area contributed by atoms with Crippen LogP contribution in [0.5, 0.6) is 0 Å². The molecular weight excluding hydrogens is 340 g/mol. The van der Waals surface area contributed by atoms with Crippen LogP contribution in [0.3, 0.4) is 0 Å². The zero-order valence-corrected chi connectivity index (χ0v) is 11.5. The number of hydrogen-bond acceptors (Lipinski definition) is 3. The van der Waals surface area contributed by atoms with Crippen LogP contribution in [0.2, 0.25) is 15.1 Å². The van der Waals surface area contributed by atoms with Crippen molar-refractivity contribution in [3.05, 3.63) is 27.2 Å². The Balaban J connectivity index is 2.99. The van der Waals surface area contributed by atoms with Crippen molar-refractivity contribution in [2.75, 3.05) is 5.43 Å². The van der Waals surface area contributed by atoms with Crippen molar-refractivity contribution in [3.63, 3.8) is 0 Å². The number of hydrazone groups is 1. The minimum Gasteiger partial charge on any atom is -0.364 e. The predicted octanol–water partition coefficient (Wildman–Crippen LogP) is 3.25. The van der Waals surface area contributed by atoms with E-state index in [1.54, 1.807) is 0 Å². The topological polar surface area (TPSA) is 67.5 Å². The average molecular weight is 345 g/mol. The van der Waals surface area contributed by atoms with Crippen molar-refractivity contribution in [1.82, 2.24) is 0 Å². The predicted molar refractivity (Wildman–Crippen MR) is 70.7 cm³/mol. The molecule has 0 spiro atoms. The molecule has 0 heterocycles. The zero-order chi connectivity index (χ0) is 12.3. The molecule has 0 radical (unpaired) electrons. The summed E-state index contributed by atoms with van der Waals surface area (Å²) in [5.41, 5.74) is 7.80. The summed E-state index contributed by atoms with van der Waals surface area (Å²) in [5, 5.41) is 4.61. The molecule has 0 aromatic heterocycles. The summed E-state index contributed by atoms with van der Waals surface area (Å²) < 4.78 is -0.0745. The molecule has 3 N–H and O–H groups in total. The molecule has 0 atom stereocenters. The van der Waals surface area contributed by atoms with Crippen LogP contribution in [-0.4, -0.2) is 10.5 Å². The SMILES string of the molecule is NC(=O)/C(Br)=N\Nc1c(Cl)cc(Cl)cc1Cl. The summed E-state index contributed by atoms with van der Waals surface area (Å²) in [4.78, 5) is 10.7. The van der Waals surface area contributed by atoms with Gasteiger partial charge in [-0.25, -0.2) is 0 Å². The van der Waals surface area contributed by atoms with Gasteiger partial charge in [-0.2, -0.15) is 5.10 Å². The Hall–Kier alpha value is -0.490. The monoisotopic (exact) mass is 343 g/mol. The largest absolute Gasteiger partial charge is 0.364 e. The molecule has 16 heavy (non-hydrogen) atoms. The smallest absolute Gasteiger partial charge is 0.276 e. The third kappa shape index (κ3) is 3.52. The van der Waals surface area contributed by atoms with Gasteiger partial charge >= 0.3 is 0 Å². The second-order valence-corrected chi connectivity index (χ2v) is 4.63. The zero-order valence-electron chi connectivity index (χ0n) is 7.60. The normalized spacial score (nSPS) is 11.4. The first kappa shape index (κ1) is 13.6. The van der Waals surface area contributed by atoms with E-state index < -0.39 is 5.91 Å².